The summed E-state index contributed by atoms with van der Waals surface area (Å²) in [6.07, 6.45) is -0.394. The van der Waals surface area contributed by atoms with Crippen molar-refractivity contribution in [2.45, 2.75) is 38.8 Å². The molecule has 0 spiro atoms. The molecule has 1 N–H and O–H groups in total. The predicted molar refractivity (Wildman–Crippen MR) is 101 cm³/mol. The van der Waals surface area contributed by atoms with Crippen molar-refractivity contribution >= 4 is 11.8 Å². The average Bonchev–Trinajstić information content (AvgIpc) is 2.96. The molecule has 0 saturated carbocycles. The van der Waals surface area contributed by atoms with Gasteiger partial charge in [-0.15, -0.1) is 0 Å². The zero-order chi connectivity index (χ0) is 17.9. The molecule has 4 heteroatoms. The first kappa shape index (κ1) is 17.5. The number of carbonyl (C=O) groups excluding carboxylic acids is 1. The van der Waals surface area contributed by atoms with Crippen LogP contribution < -0.4 is 10.2 Å². The van der Waals surface area contributed by atoms with Crippen molar-refractivity contribution in [2.75, 3.05) is 18.0 Å². The van der Waals surface area contributed by atoms with Gasteiger partial charge in [-0.05, 0) is 28.7 Å². The standard InChI is InChI=1S/C21H26N2O2/c1-21(2,3)17-11-9-16(10-12-17)13-22-14-19-15-23(20(24)25-19)18-7-5-4-6-8-18/h4-12,19,22H,13-15H2,1-3H3. The second kappa shape index (κ2) is 7.28. The smallest absolute Gasteiger partial charge is 0.414 e. The first-order chi connectivity index (χ1) is 11.9. The van der Waals surface area contributed by atoms with Crippen LogP contribution in [0.3, 0.4) is 0 Å². The number of hydrogen-bond donors (Lipinski definition) is 1. The van der Waals surface area contributed by atoms with Crippen LogP contribution in [0.15, 0.2) is 54.6 Å². The molecular formula is C21H26N2O2. The summed E-state index contributed by atoms with van der Waals surface area (Å²) in [5.74, 6) is 0. The lowest BCUT2D eigenvalue weighted by molar-refractivity contribution is 0.140. The molecule has 1 aliphatic heterocycles. The molecule has 2 aromatic rings. The third-order valence-corrected chi connectivity index (χ3v) is 4.46. The van der Waals surface area contributed by atoms with Crippen molar-refractivity contribution in [3.05, 3.63) is 65.7 Å². The average molecular weight is 338 g/mol. The number of nitrogens with one attached hydrogen (secondary N) is 1. The van der Waals surface area contributed by atoms with Crippen molar-refractivity contribution in [2.24, 2.45) is 0 Å². The normalized spacial score (nSPS) is 17.6. The zero-order valence-electron chi connectivity index (χ0n) is 15.2. The Hall–Kier alpha value is -2.33. The van der Waals surface area contributed by atoms with Crippen LogP contribution in [0.1, 0.15) is 31.9 Å². The van der Waals surface area contributed by atoms with Gasteiger partial charge >= 0.3 is 6.09 Å². The van der Waals surface area contributed by atoms with Gasteiger partial charge in [0.2, 0.25) is 0 Å². The van der Waals surface area contributed by atoms with Crippen LogP contribution in [0, 0.1) is 0 Å². The number of amides is 1. The molecule has 1 unspecified atom stereocenters. The second-order valence-corrected chi connectivity index (χ2v) is 7.53. The van der Waals surface area contributed by atoms with Crippen LogP contribution in [-0.2, 0) is 16.7 Å². The summed E-state index contributed by atoms with van der Waals surface area (Å²) in [7, 11) is 0. The molecule has 25 heavy (non-hydrogen) atoms. The quantitative estimate of drug-likeness (QED) is 0.892. The van der Waals surface area contributed by atoms with E-state index in [0.717, 1.165) is 12.2 Å². The summed E-state index contributed by atoms with van der Waals surface area (Å²) in [5.41, 5.74) is 3.62. The number of benzene rings is 2. The Labute approximate surface area is 149 Å². The van der Waals surface area contributed by atoms with Gasteiger partial charge in [-0.1, -0.05) is 63.2 Å². The molecule has 132 valence electrons. The molecular weight excluding hydrogens is 312 g/mol. The second-order valence-electron chi connectivity index (χ2n) is 7.53. The first-order valence-electron chi connectivity index (χ1n) is 8.77. The number of para-hydroxylation sites is 1. The zero-order valence-corrected chi connectivity index (χ0v) is 15.2. The Bertz CT molecular complexity index is 705. The number of ether oxygens (including phenoxy) is 1. The van der Waals surface area contributed by atoms with Crippen LogP contribution in [-0.4, -0.2) is 25.3 Å². The number of carbonyl (C=O) groups is 1. The number of nitrogens with zero attached hydrogens (tertiary/aromatic N) is 1. The maximum Gasteiger partial charge on any atom is 0.414 e. The number of anilines is 1. The lowest BCUT2D eigenvalue weighted by Crippen LogP contribution is -2.30. The fourth-order valence-corrected chi connectivity index (χ4v) is 2.95. The minimum absolute atomic E-state index is 0.124. The van der Waals surface area contributed by atoms with Gasteiger partial charge in [0.1, 0.15) is 6.10 Å². The van der Waals surface area contributed by atoms with Gasteiger partial charge in [-0.25, -0.2) is 4.79 Å². The lowest BCUT2D eigenvalue weighted by Gasteiger charge is -2.19. The molecule has 0 bridgehead atoms. The van der Waals surface area contributed by atoms with Crippen LogP contribution in [0.25, 0.3) is 0 Å². The molecule has 0 aromatic heterocycles. The minimum Gasteiger partial charge on any atom is -0.443 e. The Morgan fingerprint density at radius 3 is 2.40 bits per heavy atom. The van der Waals surface area contributed by atoms with E-state index in [1.54, 1.807) is 4.90 Å². The molecule has 1 aliphatic rings. The van der Waals surface area contributed by atoms with Gasteiger partial charge in [0, 0.05) is 18.8 Å². The van der Waals surface area contributed by atoms with Gasteiger partial charge in [-0.3, -0.25) is 4.90 Å². The van der Waals surface area contributed by atoms with E-state index >= 15 is 0 Å². The van der Waals surface area contributed by atoms with Crippen LogP contribution in [0.4, 0.5) is 10.5 Å². The van der Waals surface area contributed by atoms with Gasteiger partial charge in [-0.2, -0.15) is 0 Å². The summed E-state index contributed by atoms with van der Waals surface area (Å²) in [6.45, 7) is 8.65. The molecule has 0 radical (unpaired) electrons. The van der Waals surface area contributed by atoms with E-state index in [4.69, 9.17) is 4.74 Å². The summed E-state index contributed by atoms with van der Waals surface area (Å²) in [6, 6.07) is 18.3. The number of rotatable bonds is 5. The third kappa shape index (κ3) is 4.40. The van der Waals surface area contributed by atoms with Crippen molar-refractivity contribution < 1.29 is 9.53 Å². The van der Waals surface area contributed by atoms with E-state index in [-0.39, 0.29) is 17.6 Å². The fraction of sp³-hybridized carbons (Fsp3) is 0.381. The topological polar surface area (TPSA) is 41.6 Å². The van der Waals surface area contributed by atoms with Crippen LogP contribution >= 0.6 is 0 Å². The van der Waals surface area contributed by atoms with Crippen molar-refractivity contribution in [3.8, 4) is 0 Å². The molecule has 1 saturated heterocycles. The third-order valence-electron chi connectivity index (χ3n) is 4.46. The summed E-state index contributed by atoms with van der Waals surface area (Å²) in [4.78, 5) is 13.7. The summed E-state index contributed by atoms with van der Waals surface area (Å²) < 4.78 is 5.45. The predicted octanol–water partition coefficient (Wildman–Crippen LogP) is 4.10. The van der Waals surface area contributed by atoms with E-state index in [1.165, 1.54) is 11.1 Å². The van der Waals surface area contributed by atoms with Gasteiger partial charge < -0.3 is 10.1 Å². The van der Waals surface area contributed by atoms with E-state index in [9.17, 15) is 4.79 Å². The SMILES string of the molecule is CC(C)(C)c1ccc(CNCC2CN(c3ccccc3)C(=O)O2)cc1. The first-order valence-corrected chi connectivity index (χ1v) is 8.77. The van der Waals surface area contributed by atoms with Crippen LogP contribution in [0.5, 0.6) is 0 Å². The van der Waals surface area contributed by atoms with Gasteiger partial charge in [0.15, 0.2) is 0 Å². The summed E-state index contributed by atoms with van der Waals surface area (Å²) in [5, 5.41) is 3.39. The molecule has 1 atom stereocenters. The molecule has 1 heterocycles. The van der Waals surface area contributed by atoms with E-state index in [2.05, 4.69) is 50.4 Å². The largest absolute Gasteiger partial charge is 0.443 e. The monoisotopic (exact) mass is 338 g/mol. The number of hydrogen-bond acceptors (Lipinski definition) is 3. The van der Waals surface area contributed by atoms with Gasteiger partial charge in [0.05, 0.1) is 6.54 Å². The molecule has 3 rings (SSSR count). The van der Waals surface area contributed by atoms with E-state index in [0.29, 0.717) is 13.1 Å². The highest BCUT2D eigenvalue weighted by Gasteiger charge is 2.31. The van der Waals surface area contributed by atoms with E-state index < -0.39 is 0 Å². The maximum absolute atomic E-state index is 12.0. The van der Waals surface area contributed by atoms with Crippen molar-refractivity contribution in [1.29, 1.82) is 0 Å². The Morgan fingerprint density at radius 1 is 1.08 bits per heavy atom. The van der Waals surface area contributed by atoms with Crippen molar-refractivity contribution in [3.63, 3.8) is 0 Å². The molecule has 1 fully saturated rings. The maximum atomic E-state index is 12.0. The Balaban J connectivity index is 1.49. The minimum atomic E-state index is -0.271. The number of cyclic esters (lactones) is 1. The molecule has 4 nitrogen and oxygen atoms in total. The highest BCUT2D eigenvalue weighted by Crippen LogP contribution is 2.22. The van der Waals surface area contributed by atoms with Crippen molar-refractivity contribution in [1.82, 2.24) is 5.32 Å². The fourth-order valence-electron chi connectivity index (χ4n) is 2.95. The molecule has 0 aliphatic carbocycles. The lowest BCUT2D eigenvalue weighted by atomic mass is 9.87. The van der Waals surface area contributed by atoms with Crippen LogP contribution in [0.2, 0.25) is 0 Å². The summed E-state index contributed by atoms with van der Waals surface area (Å²) >= 11 is 0. The Kier molecular flexibility index (Phi) is 5.09. The molecule has 1 amide bonds. The highest BCUT2D eigenvalue weighted by molar-refractivity contribution is 5.89. The van der Waals surface area contributed by atoms with Gasteiger partial charge in [0.25, 0.3) is 0 Å². The Morgan fingerprint density at radius 2 is 1.76 bits per heavy atom. The molecule has 2 aromatic carbocycles. The highest BCUT2D eigenvalue weighted by atomic mass is 16.6. The van der Waals surface area contributed by atoms with E-state index in [1.807, 2.05) is 30.3 Å².